The van der Waals surface area contributed by atoms with Crippen LogP contribution in [0, 0.1) is 0 Å². The topological polar surface area (TPSA) is 43.2 Å². The number of halogens is 2. The minimum atomic E-state index is 0.631. The molecule has 0 saturated heterocycles. The number of hydrogen-bond donors (Lipinski definition) is 0. The molecule has 24 heavy (non-hydrogen) atoms. The first-order valence-electron chi connectivity index (χ1n) is 7.24. The standard InChI is InChI=1S/C18H8Br2N2O2/c19-13-15-17(23-11-7-3-1-5-9(11)21-15)14(20)16-18(13)24-12-8-4-2-6-10(12)22-16/h1-8H. The van der Waals surface area contributed by atoms with Crippen LogP contribution < -0.4 is 20.2 Å². The molecule has 116 valence electrons. The van der Waals surface area contributed by atoms with E-state index < -0.39 is 0 Å². The summed E-state index contributed by atoms with van der Waals surface area (Å²) in [5, 5.41) is 1.38. The molecule has 0 aliphatic carbocycles. The van der Waals surface area contributed by atoms with Gasteiger partial charge in [-0.15, -0.1) is 0 Å². The Morgan fingerprint density at radius 1 is 0.625 bits per heavy atom. The second kappa shape index (κ2) is 5.16. The number of rotatable bonds is 0. The van der Waals surface area contributed by atoms with Crippen molar-refractivity contribution in [1.29, 1.82) is 0 Å². The first kappa shape index (κ1) is 14.2. The normalized spacial score (nSPS) is 13.1. The van der Waals surface area contributed by atoms with Crippen LogP contribution in [0.25, 0.3) is 0 Å². The van der Waals surface area contributed by atoms with Crippen molar-refractivity contribution in [2.75, 3.05) is 0 Å². The molecule has 0 amide bonds. The summed E-state index contributed by atoms with van der Waals surface area (Å²) in [5.74, 6) is 2.70. The molecule has 3 aromatic carbocycles. The quantitative estimate of drug-likeness (QED) is 0.325. The third-order valence-electron chi connectivity index (χ3n) is 3.86. The van der Waals surface area contributed by atoms with E-state index in [-0.39, 0.29) is 0 Å². The Kier molecular flexibility index (Phi) is 3.05. The lowest BCUT2D eigenvalue weighted by Crippen LogP contribution is -2.22. The number of hydrogen-bond acceptors (Lipinski definition) is 4. The van der Waals surface area contributed by atoms with Gasteiger partial charge in [-0.25, -0.2) is 9.98 Å². The van der Waals surface area contributed by atoms with Crippen LogP contribution in [0.5, 0.6) is 23.0 Å². The van der Waals surface area contributed by atoms with Crippen molar-refractivity contribution >= 4 is 43.2 Å². The summed E-state index contributed by atoms with van der Waals surface area (Å²) in [6.45, 7) is 0. The van der Waals surface area contributed by atoms with Crippen LogP contribution in [-0.2, 0) is 0 Å². The van der Waals surface area contributed by atoms with E-state index >= 15 is 0 Å². The van der Waals surface area contributed by atoms with E-state index in [1.807, 2.05) is 48.5 Å². The molecule has 0 aromatic heterocycles. The molecule has 0 saturated carbocycles. The third kappa shape index (κ3) is 1.96. The van der Waals surface area contributed by atoms with Gasteiger partial charge in [0.05, 0.1) is 8.95 Å². The lowest BCUT2D eigenvalue weighted by atomic mass is 10.2. The maximum atomic E-state index is 6.06. The van der Waals surface area contributed by atoms with Gasteiger partial charge < -0.3 is 9.47 Å². The Bertz CT molecular complexity index is 1050. The van der Waals surface area contributed by atoms with Gasteiger partial charge >= 0.3 is 0 Å². The van der Waals surface area contributed by atoms with Gasteiger partial charge in [-0.05, 0) is 56.1 Å². The number of fused-ring (bicyclic) bond motifs is 4. The lowest BCUT2D eigenvalue weighted by molar-refractivity contribution is 0.444. The molecular weight excluding hydrogens is 436 g/mol. The summed E-state index contributed by atoms with van der Waals surface area (Å²) in [6.07, 6.45) is 0. The van der Waals surface area contributed by atoms with Gasteiger partial charge in [0.25, 0.3) is 0 Å². The van der Waals surface area contributed by atoms with Gasteiger partial charge in [0, 0.05) is 0 Å². The molecule has 0 unspecified atom stereocenters. The summed E-state index contributed by atoms with van der Waals surface area (Å²) >= 11 is 7.22. The summed E-state index contributed by atoms with van der Waals surface area (Å²) in [7, 11) is 0. The molecule has 0 spiro atoms. The fraction of sp³-hybridized carbons (Fsp3) is 0. The minimum absolute atomic E-state index is 0.631. The highest BCUT2D eigenvalue weighted by Crippen LogP contribution is 2.42. The van der Waals surface area contributed by atoms with Crippen LogP contribution in [0.4, 0.5) is 11.4 Å². The van der Waals surface area contributed by atoms with E-state index in [0.29, 0.717) is 22.2 Å². The Morgan fingerprint density at radius 3 is 1.50 bits per heavy atom. The van der Waals surface area contributed by atoms with Crippen LogP contribution in [0.2, 0.25) is 0 Å². The molecule has 3 aromatic rings. The average molecular weight is 444 g/mol. The highest BCUT2D eigenvalue weighted by atomic mass is 79.9. The van der Waals surface area contributed by atoms with Gasteiger partial charge in [-0.3, -0.25) is 0 Å². The van der Waals surface area contributed by atoms with Crippen LogP contribution in [0.3, 0.4) is 0 Å². The van der Waals surface area contributed by atoms with E-state index in [1.165, 1.54) is 0 Å². The maximum absolute atomic E-state index is 6.06. The first-order chi connectivity index (χ1) is 11.7. The van der Waals surface area contributed by atoms with Gasteiger partial charge in [-0.1, -0.05) is 24.3 Å². The molecule has 6 heteroatoms. The van der Waals surface area contributed by atoms with Gasteiger partial charge in [0.15, 0.2) is 23.0 Å². The summed E-state index contributed by atoms with van der Waals surface area (Å²) in [4.78, 5) is 9.42. The smallest absolute Gasteiger partial charge is 0.170 e. The minimum Gasteiger partial charge on any atom is -0.451 e. The Labute approximate surface area is 153 Å². The van der Waals surface area contributed by atoms with Gasteiger partial charge in [0.2, 0.25) is 0 Å². The van der Waals surface area contributed by atoms with E-state index in [0.717, 1.165) is 31.8 Å². The van der Waals surface area contributed by atoms with Crippen LogP contribution >= 0.6 is 31.9 Å². The Hall–Kier alpha value is -2.18. The fourth-order valence-electron chi connectivity index (χ4n) is 2.74. The van der Waals surface area contributed by atoms with E-state index in [2.05, 4.69) is 31.9 Å². The van der Waals surface area contributed by atoms with Gasteiger partial charge in [0.1, 0.15) is 22.1 Å². The molecule has 0 atom stereocenters. The second-order valence-corrected chi connectivity index (χ2v) is 6.93. The Morgan fingerprint density at radius 2 is 1.04 bits per heavy atom. The monoisotopic (exact) mass is 442 g/mol. The molecule has 2 aliphatic rings. The molecule has 0 radical (unpaired) electrons. The molecule has 0 fully saturated rings. The number of ether oxygens (including phenoxy) is 2. The molecular formula is C18H8Br2N2O2. The number of benzene rings is 3. The van der Waals surface area contributed by atoms with Crippen LogP contribution in [-0.4, -0.2) is 0 Å². The van der Waals surface area contributed by atoms with Gasteiger partial charge in [-0.2, -0.15) is 0 Å². The highest BCUT2D eigenvalue weighted by Gasteiger charge is 2.25. The van der Waals surface area contributed by atoms with E-state index in [9.17, 15) is 0 Å². The van der Waals surface area contributed by atoms with Crippen molar-refractivity contribution in [1.82, 2.24) is 0 Å². The molecule has 5 rings (SSSR count). The first-order valence-corrected chi connectivity index (χ1v) is 8.83. The zero-order chi connectivity index (χ0) is 16.3. The lowest BCUT2D eigenvalue weighted by Gasteiger charge is -2.20. The molecule has 2 aliphatic heterocycles. The van der Waals surface area contributed by atoms with Crippen molar-refractivity contribution < 1.29 is 9.47 Å². The molecule has 0 bridgehead atoms. The predicted molar refractivity (Wildman–Crippen MR) is 96.5 cm³/mol. The summed E-state index contributed by atoms with van der Waals surface area (Å²) in [5.41, 5.74) is 1.57. The largest absolute Gasteiger partial charge is 0.451 e. The predicted octanol–water partition coefficient (Wildman–Crippen LogP) is 5.33. The van der Waals surface area contributed by atoms with Crippen molar-refractivity contribution in [3.05, 3.63) is 68.2 Å². The molecule has 0 N–H and O–H groups in total. The van der Waals surface area contributed by atoms with E-state index in [4.69, 9.17) is 19.5 Å². The van der Waals surface area contributed by atoms with Crippen molar-refractivity contribution in [2.45, 2.75) is 0 Å². The molecule has 2 heterocycles. The third-order valence-corrected chi connectivity index (χ3v) is 5.34. The molecule has 4 nitrogen and oxygen atoms in total. The fourth-order valence-corrected chi connectivity index (χ4v) is 3.82. The van der Waals surface area contributed by atoms with Crippen LogP contribution in [0.15, 0.2) is 67.5 Å². The summed E-state index contributed by atoms with van der Waals surface area (Å²) < 4.78 is 13.6. The highest BCUT2D eigenvalue weighted by molar-refractivity contribution is 9.11. The van der Waals surface area contributed by atoms with Crippen molar-refractivity contribution in [3.63, 3.8) is 0 Å². The van der Waals surface area contributed by atoms with Crippen molar-refractivity contribution in [2.24, 2.45) is 9.98 Å². The zero-order valence-electron chi connectivity index (χ0n) is 12.1. The van der Waals surface area contributed by atoms with Crippen molar-refractivity contribution in [3.8, 4) is 23.0 Å². The summed E-state index contributed by atoms with van der Waals surface area (Å²) in [6, 6.07) is 15.3. The Balaban J connectivity index is 1.87. The number of nitrogens with zero attached hydrogens (tertiary/aromatic N) is 2. The zero-order valence-corrected chi connectivity index (χ0v) is 15.3. The number of para-hydroxylation sites is 4. The van der Waals surface area contributed by atoms with Crippen LogP contribution in [0.1, 0.15) is 0 Å². The second-order valence-electron chi connectivity index (χ2n) is 5.35. The van der Waals surface area contributed by atoms with E-state index in [1.54, 1.807) is 0 Å². The maximum Gasteiger partial charge on any atom is 0.170 e. The SMILES string of the molecule is Brc1c2c(c(Br)c3c1=Nc1ccccc1O3)=Nc1ccccc1O2. The average Bonchev–Trinajstić information content (AvgIpc) is 2.64.